The van der Waals surface area contributed by atoms with E-state index >= 15 is 0 Å². The van der Waals surface area contributed by atoms with E-state index in [-0.39, 0.29) is 0 Å². The van der Waals surface area contributed by atoms with Gasteiger partial charge in [-0.15, -0.1) is 0 Å². The summed E-state index contributed by atoms with van der Waals surface area (Å²) < 4.78 is 10.7. The van der Waals surface area contributed by atoms with Crippen LogP contribution in [0.25, 0.3) is 11.1 Å². The number of hydrogen-bond acceptors (Lipinski definition) is 4. The maximum absolute atomic E-state index is 5.77. The zero-order chi connectivity index (χ0) is 13.1. The van der Waals surface area contributed by atoms with Crippen molar-refractivity contribution in [2.75, 3.05) is 12.3 Å². The number of ether oxygens (including phenoxy) is 1. The number of hydrogen-bond donors (Lipinski definition) is 1. The highest BCUT2D eigenvalue weighted by Crippen LogP contribution is 2.30. The second-order valence-corrected chi connectivity index (χ2v) is 4.73. The fourth-order valence-corrected chi connectivity index (χ4v) is 1.72. The molecule has 0 aliphatic rings. The number of rotatable bonds is 4. The first-order valence-corrected chi connectivity index (χ1v) is 6.03. The number of nitrogen functional groups attached to an aromatic ring is 1. The summed E-state index contributed by atoms with van der Waals surface area (Å²) >= 11 is 0. The molecule has 0 atom stereocenters. The van der Waals surface area contributed by atoms with E-state index in [1.165, 1.54) is 0 Å². The summed E-state index contributed by atoms with van der Waals surface area (Å²) in [6.07, 6.45) is 0. The second-order valence-electron chi connectivity index (χ2n) is 4.73. The minimum absolute atomic E-state index is 0.420. The van der Waals surface area contributed by atoms with E-state index in [1.807, 2.05) is 31.2 Å². The van der Waals surface area contributed by atoms with Gasteiger partial charge in [0.1, 0.15) is 11.5 Å². The van der Waals surface area contributed by atoms with Crippen LogP contribution in [0.2, 0.25) is 0 Å². The SMILES string of the molecule is Cc1onc(N)c1-c1ccc(OCC(C)C)cc1. The van der Waals surface area contributed by atoms with Crippen molar-refractivity contribution in [2.45, 2.75) is 20.8 Å². The van der Waals surface area contributed by atoms with Gasteiger partial charge in [-0.2, -0.15) is 0 Å². The van der Waals surface area contributed by atoms with Crippen molar-refractivity contribution in [3.8, 4) is 16.9 Å². The van der Waals surface area contributed by atoms with Gasteiger partial charge >= 0.3 is 0 Å². The second kappa shape index (κ2) is 5.12. The van der Waals surface area contributed by atoms with Crippen molar-refractivity contribution in [1.82, 2.24) is 5.16 Å². The lowest BCUT2D eigenvalue weighted by Crippen LogP contribution is -2.04. The molecule has 1 aromatic carbocycles. The molecule has 0 radical (unpaired) electrons. The maximum Gasteiger partial charge on any atom is 0.175 e. The van der Waals surface area contributed by atoms with Crippen LogP contribution in [0.15, 0.2) is 28.8 Å². The predicted molar refractivity (Wildman–Crippen MR) is 71.4 cm³/mol. The van der Waals surface area contributed by atoms with Gasteiger partial charge in [-0.25, -0.2) is 0 Å². The van der Waals surface area contributed by atoms with E-state index in [2.05, 4.69) is 19.0 Å². The molecule has 18 heavy (non-hydrogen) atoms. The lowest BCUT2D eigenvalue weighted by molar-refractivity contribution is 0.271. The van der Waals surface area contributed by atoms with E-state index in [0.717, 1.165) is 22.6 Å². The Morgan fingerprint density at radius 3 is 2.44 bits per heavy atom. The third-order valence-electron chi connectivity index (χ3n) is 2.62. The monoisotopic (exact) mass is 246 g/mol. The molecule has 4 nitrogen and oxygen atoms in total. The number of nitrogens with zero attached hydrogens (tertiary/aromatic N) is 1. The van der Waals surface area contributed by atoms with Gasteiger partial charge in [0.05, 0.1) is 12.2 Å². The molecule has 0 aliphatic heterocycles. The normalized spacial score (nSPS) is 10.9. The topological polar surface area (TPSA) is 61.3 Å². The third-order valence-corrected chi connectivity index (χ3v) is 2.62. The zero-order valence-corrected chi connectivity index (χ0v) is 10.9. The standard InChI is InChI=1S/C14H18N2O2/c1-9(2)8-17-12-6-4-11(5-7-12)13-10(3)18-16-14(13)15/h4-7,9H,8H2,1-3H3,(H2,15,16). The van der Waals surface area contributed by atoms with E-state index in [4.69, 9.17) is 15.0 Å². The van der Waals surface area contributed by atoms with E-state index in [9.17, 15) is 0 Å². The van der Waals surface area contributed by atoms with Gasteiger partial charge in [0.25, 0.3) is 0 Å². The molecular formula is C14H18N2O2. The van der Waals surface area contributed by atoms with Crippen LogP contribution in [0.3, 0.4) is 0 Å². The number of aryl methyl sites for hydroxylation is 1. The molecule has 2 N–H and O–H groups in total. The molecule has 2 rings (SSSR count). The molecule has 2 aromatic rings. The molecule has 0 saturated heterocycles. The lowest BCUT2D eigenvalue weighted by Gasteiger charge is -2.09. The van der Waals surface area contributed by atoms with Crippen molar-refractivity contribution < 1.29 is 9.26 Å². The Morgan fingerprint density at radius 1 is 1.28 bits per heavy atom. The molecule has 4 heteroatoms. The average Bonchev–Trinajstić information content (AvgIpc) is 2.67. The average molecular weight is 246 g/mol. The Kier molecular flexibility index (Phi) is 3.55. The van der Waals surface area contributed by atoms with E-state index in [0.29, 0.717) is 18.3 Å². The first-order valence-electron chi connectivity index (χ1n) is 6.03. The van der Waals surface area contributed by atoms with Crippen molar-refractivity contribution in [2.24, 2.45) is 5.92 Å². The van der Waals surface area contributed by atoms with Crippen molar-refractivity contribution in [3.63, 3.8) is 0 Å². The lowest BCUT2D eigenvalue weighted by atomic mass is 10.1. The first-order chi connectivity index (χ1) is 8.58. The Hall–Kier alpha value is -1.97. The Morgan fingerprint density at radius 2 is 1.94 bits per heavy atom. The number of benzene rings is 1. The molecule has 0 unspecified atom stereocenters. The van der Waals surface area contributed by atoms with Crippen LogP contribution >= 0.6 is 0 Å². The van der Waals surface area contributed by atoms with Crippen LogP contribution < -0.4 is 10.5 Å². The van der Waals surface area contributed by atoms with Crippen molar-refractivity contribution in [1.29, 1.82) is 0 Å². The Balaban J connectivity index is 2.17. The van der Waals surface area contributed by atoms with Gasteiger partial charge in [0, 0.05) is 0 Å². The van der Waals surface area contributed by atoms with E-state index in [1.54, 1.807) is 0 Å². The fraction of sp³-hybridized carbons (Fsp3) is 0.357. The van der Waals surface area contributed by atoms with Crippen LogP contribution in [0.4, 0.5) is 5.82 Å². The number of aromatic nitrogens is 1. The molecule has 0 saturated carbocycles. The van der Waals surface area contributed by atoms with Gasteiger partial charge in [0.15, 0.2) is 5.82 Å². The molecule has 0 amide bonds. The zero-order valence-electron chi connectivity index (χ0n) is 10.9. The predicted octanol–water partition coefficient (Wildman–Crippen LogP) is 3.27. The fourth-order valence-electron chi connectivity index (χ4n) is 1.72. The van der Waals surface area contributed by atoms with Gasteiger partial charge in [-0.3, -0.25) is 0 Å². The van der Waals surface area contributed by atoms with Crippen LogP contribution in [-0.2, 0) is 0 Å². The van der Waals surface area contributed by atoms with Crippen molar-refractivity contribution >= 4 is 5.82 Å². The van der Waals surface area contributed by atoms with E-state index < -0.39 is 0 Å². The molecule has 1 heterocycles. The summed E-state index contributed by atoms with van der Waals surface area (Å²) in [5, 5.41) is 3.75. The summed E-state index contributed by atoms with van der Waals surface area (Å²) in [6.45, 7) is 6.81. The summed E-state index contributed by atoms with van der Waals surface area (Å²) in [6, 6.07) is 7.80. The highest BCUT2D eigenvalue weighted by Gasteiger charge is 2.11. The highest BCUT2D eigenvalue weighted by molar-refractivity contribution is 5.75. The summed E-state index contributed by atoms with van der Waals surface area (Å²) in [5.74, 6) is 2.52. The largest absolute Gasteiger partial charge is 0.493 e. The number of nitrogens with two attached hydrogens (primary N) is 1. The summed E-state index contributed by atoms with van der Waals surface area (Å²) in [5.41, 5.74) is 7.62. The molecule has 0 fully saturated rings. The minimum atomic E-state index is 0.420. The quantitative estimate of drug-likeness (QED) is 0.899. The van der Waals surface area contributed by atoms with Gasteiger partial charge < -0.3 is 15.0 Å². The van der Waals surface area contributed by atoms with Crippen molar-refractivity contribution in [3.05, 3.63) is 30.0 Å². The van der Waals surface area contributed by atoms with Crippen LogP contribution in [0.1, 0.15) is 19.6 Å². The van der Waals surface area contributed by atoms with Gasteiger partial charge in [-0.1, -0.05) is 31.1 Å². The summed E-state index contributed by atoms with van der Waals surface area (Å²) in [7, 11) is 0. The molecular weight excluding hydrogens is 228 g/mol. The van der Waals surface area contributed by atoms with Gasteiger partial charge in [-0.05, 0) is 30.5 Å². The van der Waals surface area contributed by atoms with Crippen LogP contribution in [0.5, 0.6) is 5.75 Å². The molecule has 96 valence electrons. The van der Waals surface area contributed by atoms with Gasteiger partial charge in [0.2, 0.25) is 0 Å². The van der Waals surface area contributed by atoms with Crippen LogP contribution in [-0.4, -0.2) is 11.8 Å². The smallest absolute Gasteiger partial charge is 0.175 e. The summed E-state index contributed by atoms with van der Waals surface area (Å²) in [4.78, 5) is 0. The molecule has 0 aliphatic carbocycles. The Labute approximate surface area is 107 Å². The minimum Gasteiger partial charge on any atom is -0.493 e. The van der Waals surface area contributed by atoms with Crippen LogP contribution in [0, 0.1) is 12.8 Å². The molecule has 0 bridgehead atoms. The third kappa shape index (κ3) is 2.64. The molecule has 0 spiro atoms. The first kappa shape index (κ1) is 12.5. The number of anilines is 1. The maximum atomic E-state index is 5.77. The Bertz CT molecular complexity index is 496. The molecule has 1 aromatic heterocycles. The highest BCUT2D eigenvalue weighted by atomic mass is 16.5.